The van der Waals surface area contributed by atoms with Crippen LogP contribution >= 0.6 is 0 Å². The molecule has 4 heteroatoms. The van der Waals surface area contributed by atoms with Gasteiger partial charge in [-0.3, -0.25) is 0 Å². The number of methoxy groups -OCH3 is 1. The number of hydrogen-bond donors (Lipinski definition) is 0. The maximum absolute atomic E-state index is 10.7. The number of unbranched alkanes of at least 4 members (excludes halogenated alkanes) is 3. The third-order valence-corrected chi connectivity index (χ3v) is 1.51. The first-order valence-electron chi connectivity index (χ1n) is 4.59. The number of carbonyl (C=O) groups is 1. The molecule has 0 aliphatic rings. The molecule has 0 unspecified atom stereocenters. The van der Waals surface area contributed by atoms with Crippen molar-refractivity contribution in [1.29, 1.82) is 0 Å². The van der Waals surface area contributed by atoms with Gasteiger partial charge in [-0.15, -0.1) is 0 Å². The fourth-order valence-electron chi connectivity index (χ4n) is 0.833. The average Bonchev–Trinajstić information content (AvgIpc) is 2.14. The summed E-state index contributed by atoms with van der Waals surface area (Å²) in [6, 6.07) is 0. The number of hydrogen-bond acceptors (Lipinski definition) is 4. The number of ether oxygens (including phenoxy) is 3. The van der Waals surface area contributed by atoms with Gasteiger partial charge in [0.15, 0.2) is 6.79 Å². The molecular weight excluding hydrogens is 172 g/mol. The van der Waals surface area contributed by atoms with E-state index in [4.69, 9.17) is 4.74 Å². The fourth-order valence-corrected chi connectivity index (χ4v) is 0.833. The van der Waals surface area contributed by atoms with Gasteiger partial charge in [-0.1, -0.05) is 26.2 Å². The largest absolute Gasteiger partial charge is 0.510 e. The second kappa shape index (κ2) is 9.32. The molecule has 0 spiro atoms. The SMILES string of the molecule is CCCCCCOC(=O)OCOC. The van der Waals surface area contributed by atoms with Gasteiger partial charge in [0.25, 0.3) is 0 Å². The van der Waals surface area contributed by atoms with Gasteiger partial charge in [0.2, 0.25) is 0 Å². The van der Waals surface area contributed by atoms with Crippen molar-refractivity contribution < 1.29 is 19.0 Å². The molecule has 0 aliphatic heterocycles. The number of rotatable bonds is 7. The highest BCUT2D eigenvalue weighted by atomic mass is 16.8. The van der Waals surface area contributed by atoms with Crippen LogP contribution in [0.1, 0.15) is 32.6 Å². The highest BCUT2D eigenvalue weighted by Crippen LogP contribution is 1.99. The topological polar surface area (TPSA) is 44.8 Å². The van der Waals surface area contributed by atoms with Gasteiger partial charge in [0, 0.05) is 7.11 Å². The fraction of sp³-hybridized carbons (Fsp3) is 0.889. The Morgan fingerprint density at radius 2 is 1.92 bits per heavy atom. The molecular formula is C9H18O4. The minimum atomic E-state index is -0.654. The van der Waals surface area contributed by atoms with Gasteiger partial charge in [0.1, 0.15) is 0 Å². The van der Waals surface area contributed by atoms with Gasteiger partial charge in [-0.25, -0.2) is 4.79 Å². The summed E-state index contributed by atoms with van der Waals surface area (Å²) in [7, 11) is 1.45. The lowest BCUT2D eigenvalue weighted by atomic mass is 10.2. The standard InChI is InChI=1S/C9H18O4/c1-3-4-5-6-7-12-9(10)13-8-11-2/h3-8H2,1-2H3. The molecule has 0 rings (SSSR count). The molecule has 0 radical (unpaired) electrons. The van der Waals surface area contributed by atoms with Crippen molar-refractivity contribution in [2.45, 2.75) is 32.6 Å². The molecule has 4 nitrogen and oxygen atoms in total. The van der Waals surface area contributed by atoms with Gasteiger partial charge in [-0.2, -0.15) is 0 Å². The van der Waals surface area contributed by atoms with E-state index >= 15 is 0 Å². The zero-order valence-electron chi connectivity index (χ0n) is 8.38. The Bertz CT molecular complexity index is 125. The quantitative estimate of drug-likeness (QED) is 0.351. The summed E-state index contributed by atoms with van der Waals surface area (Å²) in [5, 5.41) is 0. The second-order valence-electron chi connectivity index (χ2n) is 2.71. The summed E-state index contributed by atoms with van der Waals surface area (Å²) in [4.78, 5) is 10.7. The average molecular weight is 190 g/mol. The maximum atomic E-state index is 10.7. The molecule has 0 atom stereocenters. The minimum absolute atomic E-state index is 0.0478. The van der Waals surface area contributed by atoms with Crippen molar-refractivity contribution in [1.82, 2.24) is 0 Å². The Kier molecular flexibility index (Phi) is 8.77. The predicted octanol–water partition coefficient (Wildman–Crippen LogP) is 2.32. The lowest BCUT2D eigenvalue weighted by molar-refractivity contribution is -0.0264. The van der Waals surface area contributed by atoms with Crippen LogP contribution in [0, 0.1) is 0 Å². The van der Waals surface area contributed by atoms with E-state index < -0.39 is 6.16 Å². The Morgan fingerprint density at radius 3 is 2.54 bits per heavy atom. The van der Waals surface area contributed by atoms with Crippen molar-refractivity contribution in [2.75, 3.05) is 20.5 Å². The van der Waals surface area contributed by atoms with Crippen LogP contribution in [-0.2, 0) is 14.2 Å². The van der Waals surface area contributed by atoms with Crippen LogP contribution in [0.4, 0.5) is 4.79 Å². The van der Waals surface area contributed by atoms with Crippen LogP contribution in [-0.4, -0.2) is 26.7 Å². The highest BCUT2D eigenvalue weighted by Gasteiger charge is 2.01. The number of carbonyl (C=O) groups excluding carboxylic acids is 1. The third kappa shape index (κ3) is 9.14. The first-order chi connectivity index (χ1) is 6.31. The molecule has 0 aromatic rings. The summed E-state index contributed by atoms with van der Waals surface area (Å²) < 4.78 is 13.8. The maximum Gasteiger partial charge on any atom is 0.510 e. The zero-order valence-corrected chi connectivity index (χ0v) is 8.38. The Morgan fingerprint density at radius 1 is 1.15 bits per heavy atom. The summed E-state index contributed by atoms with van der Waals surface area (Å²) in [6.45, 7) is 2.52. The highest BCUT2D eigenvalue weighted by molar-refractivity contribution is 5.59. The summed E-state index contributed by atoms with van der Waals surface area (Å²) in [6.07, 6.45) is 3.69. The molecule has 13 heavy (non-hydrogen) atoms. The van der Waals surface area contributed by atoms with Crippen molar-refractivity contribution in [3.05, 3.63) is 0 Å². The van der Waals surface area contributed by atoms with Crippen LogP contribution < -0.4 is 0 Å². The summed E-state index contributed by atoms with van der Waals surface area (Å²) in [5.41, 5.74) is 0. The lowest BCUT2D eigenvalue weighted by Gasteiger charge is -2.04. The molecule has 0 aromatic heterocycles. The Labute approximate surface area is 79.2 Å². The zero-order chi connectivity index (χ0) is 9.94. The first-order valence-corrected chi connectivity index (χ1v) is 4.59. The van der Waals surface area contributed by atoms with Crippen LogP contribution in [0.15, 0.2) is 0 Å². The van der Waals surface area contributed by atoms with Gasteiger partial charge in [-0.05, 0) is 6.42 Å². The third-order valence-electron chi connectivity index (χ3n) is 1.51. The van der Waals surface area contributed by atoms with Crippen LogP contribution in [0.2, 0.25) is 0 Å². The molecule has 78 valence electrons. The van der Waals surface area contributed by atoms with E-state index in [0.717, 1.165) is 12.8 Å². The Balaban J connectivity index is 3.08. The predicted molar refractivity (Wildman–Crippen MR) is 48.5 cm³/mol. The van der Waals surface area contributed by atoms with E-state index in [-0.39, 0.29) is 6.79 Å². The molecule has 0 saturated carbocycles. The molecule has 0 heterocycles. The van der Waals surface area contributed by atoms with Crippen molar-refractivity contribution in [2.24, 2.45) is 0 Å². The van der Waals surface area contributed by atoms with E-state index in [1.54, 1.807) is 0 Å². The second-order valence-corrected chi connectivity index (χ2v) is 2.71. The van der Waals surface area contributed by atoms with Crippen LogP contribution in [0.3, 0.4) is 0 Å². The lowest BCUT2D eigenvalue weighted by Crippen LogP contribution is -2.10. The normalized spacial score (nSPS) is 9.69. The van der Waals surface area contributed by atoms with Crippen molar-refractivity contribution in [3.63, 3.8) is 0 Å². The molecule has 0 aromatic carbocycles. The van der Waals surface area contributed by atoms with Gasteiger partial charge >= 0.3 is 6.16 Å². The smallest absolute Gasteiger partial charge is 0.434 e. The monoisotopic (exact) mass is 190 g/mol. The van der Waals surface area contributed by atoms with E-state index in [2.05, 4.69) is 16.4 Å². The molecule has 0 saturated heterocycles. The molecule has 0 bridgehead atoms. The van der Waals surface area contributed by atoms with E-state index in [0.29, 0.717) is 6.61 Å². The summed E-state index contributed by atoms with van der Waals surface area (Å²) >= 11 is 0. The van der Waals surface area contributed by atoms with E-state index in [9.17, 15) is 4.79 Å². The molecule has 0 amide bonds. The molecule has 0 aliphatic carbocycles. The van der Waals surface area contributed by atoms with Crippen molar-refractivity contribution >= 4 is 6.16 Å². The van der Waals surface area contributed by atoms with Gasteiger partial charge in [0.05, 0.1) is 6.61 Å². The van der Waals surface area contributed by atoms with Crippen LogP contribution in [0.25, 0.3) is 0 Å². The van der Waals surface area contributed by atoms with E-state index in [1.807, 2.05) is 0 Å². The minimum Gasteiger partial charge on any atom is -0.434 e. The van der Waals surface area contributed by atoms with Crippen molar-refractivity contribution in [3.8, 4) is 0 Å². The van der Waals surface area contributed by atoms with Gasteiger partial charge < -0.3 is 14.2 Å². The Hall–Kier alpha value is -0.770. The molecule has 0 fully saturated rings. The van der Waals surface area contributed by atoms with E-state index in [1.165, 1.54) is 20.0 Å². The molecule has 0 N–H and O–H groups in total. The first kappa shape index (κ1) is 12.2. The summed E-state index contributed by atoms with van der Waals surface area (Å²) in [5.74, 6) is 0. The van der Waals surface area contributed by atoms with Crippen LogP contribution in [0.5, 0.6) is 0 Å².